The molecule has 12 heavy (non-hydrogen) atoms. The number of pyridine rings is 1. The first-order chi connectivity index (χ1) is 5.54. The van der Waals surface area contributed by atoms with E-state index in [1.54, 1.807) is 0 Å². The number of hydrogen-bond acceptors (Lipinski definition) is 2. The number of halogens is 2. The van der Waals surface area contributed by atoms with Crippen molar-refractivity contribution in [2.75, 3.05) is 0 Å². The Bertz CT molecular complexity index is 268. The molecule has 0 aliphatic rings. The molecule has 1 rings (SSSR count). The third-order valence-corrected chi connectivity index (χ3v) is 1.53. The van der Waals surface area contributed by atoms with Gasteiger partial charge in [0.1, 0.15) is 0 Å². The predicted molar refractivity (Wildman–Crippen MR) is 41.7 cm³/mol. The summed E-state index contributed by atoms with van der Waals surface area (Å²) in [6.45, 7) is 1.03. The van der Waals surface area contributed by atoms with E-state index in [1.807, 2.05) is 0 Å². The van der Waals surface area contributed by atoms with Crippen LogP contribution in [0.4, 0.5) is 8.78 Å². The highest BCUT2D eigenvalue weighted by atomic mass is 19.3. The summed E-state index contributed by atoms with van der Waals surface area (Å²) in [5, 5.41) is 0. The van der Waals surface area contributed by atoms with Crippen molar-refractivity contribution in [2.24, 2.45) is 5.73 Å². The molecule has 1 heterocycles. The molecule has 66 valence electrons. The Morgan fingerprint density at radius 2 is 2.25 bits per heavy atom. The molecule has 0 atom stereocenters. The first-order valence-corrected chi connectivity index (χ1v) is 3.57. The predicted octanol–water partition coefficient (Wildman–Crippen LogP) is 1.65. The summed E-state index contributed by atoms with van der Waals surface area (Å²) in [6.07, 6.45) is 1.34. The molecule has 2 nitrogen and oxygen atoms in total. The largest absolute Gasteiger partial charge is 0.325 e. The van der Waals surface area contributed by atoms with E-state index in [0.717, 1.165) is 6.92 Å². The average molecular weight is 172 g/mol. The highest BCUT2D eigenvalue weighted by Gasteiger charge is 2.24. The number of nitrogens with two attached hydrogens (primary N) is 1. The van der Waals surface area contributed by atoms with E-state index >= 15 is 0 Å². The maximum atomic E-state index is 12.7. The van der Waals surface area contributed by atoms with Crippen LogP contribution in [0, 0.1) is 0 Å². The topological polar surface area (TPSA) is 38.9 Å². The van der Waals surface area contributed by atoms with Gasteiger partial charge in [-0.2, -0.15) is 0 Å². The summed E-state index contributed by atoms with van der Waals surface area (Å²) in [4.78, 5) is 3.81. The van der Waals surface area contributed by atoms with Crippen molar-refractivity contribution >= 4 is 0 Å². The zero-order valence-corrected chi connectivity index (χ0v) is 6.72. The Labute approximate surface area is 69.4 Å². The van der Waals surface area contributed by atoms with Crippen LogP contribution in [0.2, 0.25) is 0 Å². The second-order valence-corrected chi connectivity index (χ2v) is 2.63. The minimum Gasteiger partial charge on any atom is -0.325 e. The second kappa shape index (κ2) is 3.15. The van der Waals surface area contributed by atoms with E-state index in [9.17, 15) is 8.78 Å². The molecule has 0 saturated carbocycles. The van der Waals surface area contributed by atoms with E-state index in [2.05, 4.69) is 4.98 Å². The summed E-state index contributed by atoms with van der Waals surface area (Å²) >= 11 is 0. The zero-order chi connectivity index (χ0) is 9.19. The molecule has 0 saturated heterocycles. The van der Waals surface area contributed by atoms with E-state index in [-0.39, 0.29) is 12.1 Å². The smallest absolute Gasteiger partial charge is 0.270 e. The van der Waals surface area contributed by atoms with E-state index < -0.39 is 5.92 Å². The average Bonchev–Trinajstić information content (AvgIpc) is 2.03. The van der Waals surface area contributed by atoms with Gasteiger partial charge in [-0.1, -0.05) is 0 Å². The number of hydrogen-bond donors (Lipinski definition) is 1. The zero-order valence-electron chi connectivity index (χ0n) is 6.72. The lowest BCUT2D eigenvalue weighted by Gasteiger charge is -2.10. The number of aromatic nitrogens is 1. The van der Waals surface area contributed by atoms with Gasteiger partial charge in [0, 0.05) is 25.2 Å². The number of alkyl halides is 2. The Balaban J connectivity index is 3.02. The molecule has 0 aliphatic carbocycles. The first kappa shape index (κ1) is 9.06. The van der Waals surface area contributed by atoms with Gasteiger partial charge in [-0.25, -0.2) is 8.78 Å². The van der Waals surface area contributed by atoms with Crippen LogP contribution in [0.1, 0.15) is 18.2 Å². The third kappa shape index (κ3) is 1.98. The van der Waals surface area contributed by atoms with Crippen LogP contribution in [-0.4, -0.2) is 4.98 Å². The van der Waals surface area contributed by atoms with Crippen LogP contribution in [0.25, 0.3) is 0 Å². The van der Waals surface area contributed by atoms with Crippen molar-refractivity contribution in [3.63, 3.8) is 0 Å². The maximum absolute atomic E-state index is 12.7. The Morgan fingerprint density at radius 1 is 1.58 bits per heavy atom. The Kier molecular flexibility index (Phi) is 2.38. The van der Waals surface area contributed by atoms with Crippen molar-refractivity contribution in [3.05, 3.63) is 29.6 Å². The molecule has 0 aromatic carbocycles. The van der Waals surface area contributed by atoms with Gasteiger partial charge in [-0.3, -0.25) is 4.98 Å². The van der Waals surface area contributed by atoms with Crippen LogP contribution < -0.4 is 5.73 Å². The molecule has 0 aliphatic heterocycles. The third-order valence-electron chi connectivity index (χ3n) is 1.53. The fourth-order valence-corrected chi connectivity index (χ4v) is 0.863. The van der Waals surface area contributed by atoms with Gasteiger partial charge in [0.25, 0.3) is 5.92 Å². The van der Waals surface area contributed by atoms with Gasteiger partial charge in [0.2, 0.25) is 0 Å². The van der Waals surface area contributed by atoms with Crippen LogP contribution in [0.3, 0.4) is 0 Å². The van der Waals surface area contributed by atoms with Crippen LogP contribution in [0.5, 0.6) is 0 Å². The normalized spacial score (nSPS) is 11.7. The van der Waals surface area contributed by atoms with Crippen LogP contribution >= 0.6 is 0 Å². The Hall–Kier alpha value is -1.03. The standard InChI is InChI=1S/C8H10F2N2/c1-8(9,10)6-2-3-12-7(4-6)5-11/h2-4H,5,11H2,1H3. The SMILES string of the molecule is CC(F)(F)c1ccnc(CN)c1. The molecule has 4 heteroatoms. The van der Waals surface area contributed by atoms with Crippen molar-refractivity contribution < 1.29 is 8.78 Å². The van der Waals surface area contributed by atoms with Crippen LogP contribution in [-0.2, 0) is 12.5 Å². The van der Waals surface area contributed by atoms with Crippen molar-refractivity contribution in [1.82, 2.24) is 4.98 Å². The summed E-state index contributed by atoms with van der Waals surface area (Å²) in [7, 11) is 0. The second-order valence-electron chi connectivity index (χ2n) is 2.63. The monoisotopic (exact) mass is 172 g/mol. The van der Waals surface area contributed by atoms with Gasteiger partial charge in [-0.15, -0.1) is 0 Å². The fourth-order valence-electron chi connectivity index (χ4n) is 0.863. The molecule has 0 fully saturated rings. The quantitative estimate of drug-likeness (QED) is 0.736. The lowest BCUT2D eigenvalue weighted by molar-refractivity contribution is 0.0173. The summed E-state index contributed by atoms with van der Waals surface area (Å²) < 4.78 is 25.4. The molecule has 0 unspecified atom stereocenters. The number of rotatable bonds is 2. The van der Waals surface area contributed by atoms with E-state index in [1.165, 1.54) is 18.3 Å². The first-order valence-electron chi connectivity index (χ1n) is 3.57. The van der Waals surface area contributed by atoms with Gasteiger partial charge < -0.3 is 5.73 Å². The highest BCUT2D eigenvalue weighted by molar-refractivity contribution is 5.20. The van der Waals surface area contributed by atoms with E-state index in [4.69, 9.17) is 5.73 Å². The molecule has 0 bridgehead atoms. The molecule has 0 spiro atoms. The summed E-state index contributed by atoms with van der Waals surface area (Å²) in [6, 6.07) is 2.61. The molecule has 1 aromatic rings. The van der Waals surface area contributed by atoms with Gasteiger partial charge in [0.05, 0.1) is 5.69 Å². The Morgan fingerprint density at radius 3 is 2.75 bits per heavy atom. The minimum absolute atomic E-state index is 0.0436. The molecule has 0 amide bonds. The van der Waals surface area contributed by atoms with Crippen molar-refractivity contribution in [2.45, 2.75) is 19.4 Å². The van der Waals surface area contributed by atoms with E-state index in [0.29, 0.717) is 5.69 Å². The molecule has 0 radical (unpaired) electrons. The summed E-state index contributed by atoms with van der Waals surface area (Å²) in [5.74, 6) is -2.81. The fraction of sp³-hybridized carbons (Fsp3) is 0.375. The molecule has 1 aromatic heterocycles. The highest BCUT2D eigenvalue weighted by Crippen LogP contribution is 2.26. The lowest BCUT2D eigenvalue weighted by atomic mass is 10.1. The van der Waals surface area contributed by atoms with Crippen molar-refractivity contribution in [1.29, 1.82) is 0 Å². The van der Waals surface area contributed by atoms with Gasteiger partial charge in [-0.05, 0) is 12.1 Å². The summed E-state index contributed by atoms with van der Waals surface area (Å²) in [5.41, 5.74) is 5.69. The maximum Gasteiger partial charge on any atom is 0.270 e. The minimum atomic E-state index is -2.81. The molecular formula is C8H10F2N2. The lowest BCUT2D eigenvalue weighted by Crippen LogP contribution is -2.09. The van der Waals surface area contributed by atoms with Gasteiger partial charge >= 0.3 is 0 Å². The molecule has 2 N–H and O–H groups in total. The van der Waals surface area contributed by atoms with Crippen LogP contribution in [0.15, 0.2) is 18.3 Å². The number of nitrogens with zero attached hydrogens (tertiary/aromatic N) is 1. The molecular weight excluding hydrogens is 162 g/mol. The van der Waals surface area contributed by atoms with Crippen molar-refractivity contribution in [3.8, 4) is 0 Å². The van der Waals surface area contributed by atoms with Gasteiger partial charge in [0.15, 0.2) is 0 Å².